The molecule has 0 atom stereocenters. The summed E-state index contributed by atoms with van der Waals surface area (Å²) < 4.78 is 5.66. The summed E-state index contributed by atoms with van der Waals surface area (Å²) in [5, 5.41) is 0. The van der Waals surface area contributed by atoms with Gasteiger partial charge in [-0.25, -0.2) is 9.97 Å². The molecule has 3 aromatic rings. The van der Waals surface area contributed by atoms with Crippen LogP contribution >= 0.6 is 12.2 Å². The van der Waals surface area contributed by atoms with Crippen molar-refractivity contribution in [2.24, 2.45) is 0 Å². The minimum atomic E-state index is 0.485. The van der Waals surface area contributed by atoms with E-state index < -0.39 is 0 Å². The van der Waals surface area contributed by atoms with E-state index in [1.165, 1.54) is 0 Å². The summed E-state index contributed by atoms with van der Waals surface area (Å²) in [5.41, 5.74) is 2.89. The van der Waals surface area contributed by atoms with Crippen LogP contribution in [0.2, 0.25) is 0 Å². The Kier molecular flexibility index (Phi) is 3.58. The van der Waals surface area contributed by atoms with Gasteiger partial charge in [0.25, 0.3) is 0 Å². The van der Waals surface area contributed by atoms with Crippen molar-refractivity contribution in [3.63, 3.8) is 0 Å². The zero-order valence-electron chi connectivity index (χ0n) is 11.0. The number of fused-ring (bicyclic) bond motifs is 1. The number of methoxy groups -OCH3 is 1. The number of rotatable bonds is 4. The summed E-state index contributed by atoms with van der Waals surface area (Å²) in [6, 6.07) is 9.74. The first kappa shape index (κ1) is 13.0. The highest BCUT2D eigenvalue weighted by Gasteiger charge is 2.06. The van der Waals surface area contributed by atoms with Crippen LogP contribution in [0, 0.1) is 4.64 Å². The van der Waals surface area contributed by atoms with Gasteiger partial charge in [0.2, 0.25) is 0 Å². The third-order valence-corrected chi connectivity index (χ3v) is 3.13. The predicted molar refractivity (Wildman–Crippen MR) is 79.0 cm³/mol. The highest BCUT2D eigenvalue weighted by atomic mass is 32.1. The lowest BCUT2D eigenvalue weighted by Gasteiger charge is -2.03. The van der Waals surface area contributed by atoms with Gasteiger partial charge in [-0.3, -0.25) is 0 Å². The van der Waals surface area contributed by atoms with E-state index in [1.807, 2.05) is 24.3 Å². The molecular weight excluding hydrogens is 272 g/mol. The van der Waals surface area contributed by atoms with E-state index in [-0.39, 0.29) is 0 Å². The van der Waals surface area contributed by atoms with Crippen LogP contribution in [0.25, 0.3) is 11.0 Å². The zero-order chi connectivity index (χ0) is 13.9. The van der Waals surface area contributed by atoms with Crippen molar-refractivity contribution in [1.82, 2.24) is 19.9 Å². The molecule has 0 aliphatic carbocycles. The van der Waals surface area contributed by atoms with E-state index in [9.17, 15) is 0 Å². The molecule has 0 aliphatic rings. The third kappa shape index (κ3) is 2.76. The lowest BCUT2D eigenvalue weighted by Crippen LogP contribution is -2.02. The van der Waals surface area contributed by atoms with Crippen LogP contribution in [0.5, 0.6) is 0 Å². The van der Waals surface area contributed by atoms with Gasteiger partial charge in [0.05, 0.1) is 24.1 Å². The molecule has 0 saturated heterocycles. The Hall–Kier alpha value is -2.05. The second-order valence-electron chi connectivity index (χ2n) is 4.50. The molecular formula is C14H14N4OS. The van der Waals surface area contributed by atoms with Crippen LogP contribution in [0.15, 0.2) is 30.3 Å². The van der Waals surface area contributed by atoms with Crippen molar-refractivity contribution < 1.29 is 4.74 Å². The molecule has 102 valence electrons. The fourth-order valence-corrected chi connectivity index (χ4v) is 2.38. The minimum absolute atomic E-state index is 0.485. The van der Waals surface area contributed by atoms with Gasteiger partial charge in [-0.1, -0.05) is 24.4 Å². The Labute approximate surface area is 121 Å². The van der Waals surface area contributed by atoms with Crippen LogP contribution in [-0.4, -0.2) is 27.0 Å². The average Bonchev–Trinajstić information content (AvgIpc) is 2.80. The summed E-state index contributed by atoms with van der Waals surface area (Å²) >= 11 is 5.16. The molecule has 0 radical (unpaired) electrons. The number of para-hydroxylation sites is 2. The number of nitrogens with zero attached hydrogens (tertiary/aromatic N) is 2. The second-order valence-corrected chi connectivity index (χ2v) is 4.92. The van der Waals surface area contributed by atoms with Gasteiger partial charge in [0.1, 0.15) is 16.3 Å². The lowest BCUT2D eigenvalue weighted by molar-refractivity contribution is 0.181. The quantitative estimate of drug-likeness (QED) is 0.724. The van der Waals surface area contributed by atoms with Crippen LogP contribution in [0.3, 0.4) is 0 Å². The largest absolute Gasteiger partial charge is 0.378 e. The Morgan fingerprint density at radius 3 is 2.75 bits per heavy atom. The molecule has 2 aromatic heterocycles. The molecule has 3 rings (SSSR count). The first-order valence-electron chi connectivity index (χ1n) is 6.26. The number of aromatic amines is 2. The smallest absolute Gasteiger partial charge is 0.130 e. The number of nitrogens with one attached hydrogen (secondary N) is 2. The van der Waals surface area contributed by atoms with Crippen LogP contribution in [0.4, 0.5) is 0 Å². The van der Waals surface area contributed by atoms with Crippen LogP contribution in [0.1, 0.15) is 17.3 Å². The first-order valence-corrected chi connectivity index (χ1v) is 6.67. The first-order chi connectivity index (χ1) is 9.74. The van der Waals surface area contributed by atoms with Crippen molar-refractivity contribution in [3.05, 3.63) is 52.3 Å². The van der Waals surface area contributed by atoms with E-state index in [0.29, 0.717) is 17.7 Å². The molecule has 6 heteroatoms. The summed E-state index contributed by atoms with van der Waals surface area (Å²) in [5.74, 6) is 1.64. The minimum Gasteiger partial charge on any atom is -0.378 e. The number of benzene rings is 1. The van der Waals surface area contributed by atoms with Crippen molar-refractivity contribution in [2.45, 2.75) is 13.0 Å². The summed E-state index contributed by atoms with van der Waals surface area (Å²) in [7, 11) is 1.65. The van der Waals surface area contributed by atoms with Crippen molar-refractivity contribution in [1.29, 1.82) is 0 Å². The molecule has 20 heavy (non-hydrogen) atoms. The monoisotopic (exact) mass is 286 g/mol. The van der Waals surface area contributed by atoms with E-state index in [0.717, 1.165) is 28.4 Å². The van der Waals surface area contributed by atoms with Gasteiger partial charge in [-0.2, -0.15) is 0 Å². The van der Waals surface area contributed by atoms with Crippen molar-refractivity contribution >= 4 is 23.3 Å². The van der Waals surface area contributed by atoms with Crippen LogP contribution in [-0.2, 0) is 17.8 Å². The Morgan fingerprint density at radius 1 is 1.15 bits per heavy atom. The topological polar surface area (TPSA) is 66.6 Å². The summed E-state index contributed by atoms with van der Waals surface area (Å²) in [6.07, 6.45) is 0.579. The maximum absolute atomic E-state index is 5.16. The Balaban J connectivity index is 1.92. The molecule has 2 N–H and O–H groups in total. The second kappa shape index (κ2) is 5.52. The molecule has 0 aliphatic heterocycles. The van der Waals surface area contributed by atoms with Gasteiger partial charge >= 0.3 is 0 Å². The Morgan fingerprint density at radius 2 is 1.95 bits per heavy atom. The molecule has 0 saturated carbocycles. The standard InChI is InChI=1S/C14H14N4OS/c1-19-8-9-6-14(20)18-12(15-9)7-13-16-10-4-2-3-5-11(10)17-13/h2-6H,7-8H2,1H3,(H,16,17)(H,15,18,20). The zero-order valence-corrected chi connectivity index (χ0v) is 11.8. The number of imidazole rings is 1. The van der Waals surface area contributed by atoms with E-state index in [1.54, 1.807) is 13.2 Å². The third-order valence-electron chi connectivity index (χ3n) is 2.92. The maximum atomic E-state index is 5.16. The number of hydrogen-bond donors (Lipinski definition) is 2. The van der Waals surface area contributed by atoms with E-state index >= 15 is 0 Å². The molecule has 0 amide bonds. The summed E-state index contributed by atoms with van der Waals surface area (Å²) in [6.45, 7) is 0.485. The van der Waals surface area contributed by atoms with Gasteiger partial charge < -0.3 is 14.7 Å². The fourth-order valence-electron chi connectivity index (χ4n) is 2.13. The highest BCUT2D eigenvalue weighted by molar-refractivity contribution is 7.71. The molecule has 0 unspecified atom stereocenters. The number of ether oxygens (including phenoxy) is 1. The SMILES string of the molecule is COCc1cc(=S)nc(Cc2nc3ccccc3[nH]2)[nH]1. The molecule has 5 nitrogen and oxygen atoms in total. The number of H-pyrrole nitrogens is 2. The van der Waals surface area contributed by atoms with Crippen LogP contribution < -0.4 is 0 Å². The summed E-state index contributed by atoms with van der Waals surface area (Å²) in [4.78, 5) is 15.4. The maximum Gasteiger partial charge on any atom is 0.130 e. The highest BCUT2D eigenvalue weighted by Crippen LogP contribution is 2.12. The molecule has 0 bridgehead atoms. The number of hydrogen-bond acceptors (Lipinski definition) is 4. The predicted octanol–water partition coefficient (Wildman–Crippen LogP) is 2.75. The van der Waals surface area contributed by atoms with Gasteiger partial charge in [-0.15, -0.1) is 0 Å². The Bertz CT molecular complexity index is 760. The fraction of sp³-hybridized carbons (Fsp3) is 0.214. The van der Waals surface area contributed by atoms with Gasteiger partial charge in [0, 0.05) is 12.8 Å². The van der Waals surface area contributed by atoms with Crippen molar-refractivity contribution in [3.8, 4) is 0 Å². The average molecular weight is 286 g/mol. The van der Waals surface area contributed by atoms with E-state index in [4.69, 9.17) is 17.0 Å². The van der Waals surface area contributed by atoms with Crippen molar-refractivity contribution in [2.75, 3.05) is 7.11 Å². The molecule has 0 fully saturated rings. The normalized spacial score (nSPS) is 11.1. The molecule has 1 aromatic carbocycles. The molecule has 2 heterocycles. The molecule has 0 spiro atoms. The van der Waals surface area contributed by atoms with Gasteiger partial charge in [-0.05, 0) is 18.2 Å². The number of aromatic nitrogens is 4. The lowest BCUT2D eigenvalue weighted by atomic mass is 10.3. The van der Waals surface area contributed by atoms with E-state index in [2.05, 4.69) is 19.9 Å². The van der Waals surface area contributed by atoms with Gasteiger partial charge in [0.15, 0.2) is 0 Å².